The fourth-order valence-electron chi connectivity index (χ4n) is 7.03. The lowest BCUT2D eigenvalue weighted by Gasteiger charge is -2.65. The zero-order valence-electron chi connectivity index (χ0n) is 14.0. The Morgan fingerprint density at radius 3 is 2.00 bits per heavy atom. The van der Waals surface area contributed by atoms with Crippen molar-refractivity contribution in [2.45, 2.75) is 52.4 Å². The second-order valence-electron chi connectivity index (χ2n) is 9.51. The number of piperazine rings is 1. The van der Waals surface area contributed by atoms with E-state index in [0.717, 1.165) is 44.9 Å². The van der Waals surface area contributed by atoms with Crippen LogP contribution in [-0.2, 0) is 4.79 Å². The summed E-state index contributed by atoms with van der Waals surface area (Å²) in [6.07, 6.45) is 7.62. The molecular weight excluding hydrogens is 260 g/mol. The van der Waals surface area contributed by atoms with Gasteiger partial charge >= 0.3 is 0 Å². The number of amides is 1. The molecule has 0 aromatic carbocycles. The third-order valence-electron chi connectivity index (χ3n) is 6.87. The van der Waals surface area contributed by atoms with Crippen molar-refractivity contribution in [3.8, 4) is 0 Å². The molecule has 5 rings (SSSR count). The highest BCUT2D eigenvalue weighted by Gasteiger charge is 2.63. The van der Waals surface area contributed by atoms with Crippen LogP contribution >= 0.6 is 0 Å². The molecule has 1 saturated heterocycles. The quantitative estimate of drug-likeness (QED) is 0.741. The van der Waals surface area contributed by atoms with Crippen LogP contribution in [0, 0.1) is 22.2 Å². The van der Waals surface area contributed by atoms with E-state index in [-0.39, 0.29) is 5.41 Å². The summed E-state index contributed by atoms with van der Waals surface area (Å²) in [5, 5.41) is 0. The van der Waals surface area contributed by atoms with Gasteiger partial charge in [0.2, 0.25) is 5.91 Å². The van der Waals surface area contributed by atoms with Crippen molar-refractivity contribution < 1.29 is 4.79 Å². The zero-order valence-corrected chi connectivity index (χ0v) is 14.0. The first-order valence-electron chi connectivity index (χ1n) is 8.80. The lowest BCUT2D eigenvalue weighted by molar-refractivity contribution is -0.180. The summed E-state index contributed by atoms with van der Waals surface area (Å²) in [5.74, 6) is 1.32. The Kier molecular flexibility index (Phi) is 2.84. The number of nitrogens with zero attached hydrogens (tertiary/aromatic N) is 2. The van der Waals surface area contributed by atoms with Crippen molar-refractivity contribution in [3.05, 3.63) is 0 Å². The Balaban J connectivity index is 1.60. The minimum absolute atomic E-state index is 0.00116. The topological polar surface area (TPSA) is 23.6 Å². The average Bonchev–Trinajstić information content (AvgIpc) is 2.34. The van der Waals surface area contributed by atoms with Crippen molar-refractivity contribution in [2.24, 2.45) is 22.2 Å². The molecule has 0 unspecified atom stereocenters. The molecule has 5 aliphatic rings. The number of carbonyl (C=O) groups is 1. The van der Waals surface area contributed by atoms with Crippen LogP contribution in [0.5, 0.6) is 0 Å². The summed E-state index contributed by atoms with van der Waals surface area (Å²) in [4.78, 5) is 17.9. The summed E-state index contributed by atoms with van der Waals surface area (Å²) < 4.78 is 0. The predicted octanol–water partition coefficient (Wildman–Crippen LogP) is 2.76. The van der Waals surface area contributed by atoms with E-state index in [1.807, 2.05) is 0 Å². The molecule has 0 aromatic heterocycles. The monoisotopic (exact) mass is 290 g/mol. The fourth-order valence-corrected chi connectivity index (χ4v) is 7.03. The third kappa shape index (κ3) is 2.15. The maximum Gasteiger partial charge on any atom is 0.228 e. The molecule has 4 aliphatic carbocycles. The van der Waals surface area contributed by atoms with Gasteiger partial charge in [-0.2, -0.15) is 0 Å². The maximum atomic E-state index is 13.4. The third-order valence-corrected chi connectivity index (χ3v) is 6.87. The van der Waals surface area contributed by atoms with Gasteiger partial charge in [0.25, 0.3) is 0 Å². The Bertz CT molecular complexity index is 448. The molecule has 0 radical (unpaired) electrons. The zero-order chi connectivity index (χ0) is 14.9. The Labute approximate surface area is 129 Å². The van der Waals surface area contributed by atoms with Gasteiger partial charge in [-0.3, -0.25) is 4.79 Å². The highest BCUT2D eigenvalue weighted by molar-refractivity contribution is 5.83. The van der Waals surface area contributed by atoms with Crippen LogP contribution in [0.1, 0.15) is 52.4 Å². The van der Waals surface area contributed by atoms with Gasteiger partial charge in [0, 0.05) is 26.2 Å². The van der Waals surface area contributed by atoms with Crippen molar-refractivity contribution in [2.75, 3.05) is 33.2 Å². The van der Waals surface area contributed by atoms with Crippen molar-refractivity contribution in [1.29, 1.82) is 0 Å². The molecule has 0 N–H and O–H groups in total. The SMILES string of the molecule is CN1CCN(C(=O)C23CC4C[C@@](C)(C2)C[C@@](C)(C4)C3)CC1. The van der Waals surface area contributed by atoms with Gasteiger partial charge in [0.05, 0.1) is 5.41 Å². The van der Waals surface area contributed by atoms with Crippen LogP contribution < -0.4 is 0 Å². The second kappa shape index (κ2) is 4.24. The number of hydrogen-bond donors (Lipinski definition) is 0. The van der Waals surface area contributed by atoms with Gasteiger partial charge in [-0.25, -0.2) is 0 Å². The standard InChI is InChI=1S/C18H30N2O/c1-16-8-14-9-17(2,11-16)13-18(10-14,12-16)15(21)20-6-4-19(3)5-7-20/h14H,4-13H2,1-3H3/t14?,16-,17-,18?/m1/s1. The molecule has 2 atom stereocenters. The van der Waals surface area contributed by atoms with E-state index in [2.05, 4.69) is 30.7 Å². The van der Waals surface area contributed by atoms with E-state index in [4.69, 9.17) is 0 Å². The van der Waals surface area contributed by atoms with E-state index in [1.54, 1.807) is 0 Å². The Morgan fingerprint density at radius 2 is 1.48 bits per heavy atom. The molecular formula is C18H30N2O. The first kappa shape index (κ1) is 14.0. The van der Waals surface area contributed by atoms with Gasteiger partial charge in [0.1, 0.15) is 0 Å². The summed E-state index contributed by atoms with van der Waals surface area (Å²) in [6, 6.07) is 0. The normalized spacial score (nSPS) is 49.7. The summed E-state index contributed by atoms with van der Waals surface area (Å²) in [6.45, 7) is 8.88. The minimum Gasteiger partial charge on any atom is -0.340 e. The fraction of sp³-hybridized carbons (Fsp3) is 0.944. The molecule has 0 spiro atoms. The molecule has 1 heterocycles. The smallest absolute Gasteiger partial charge is 0.228 e. The molecule has 5 fully saturated rings. The average molecular weight is 290 g/mol. The van der Waals surface area contributed by atoms with Crippen molar-refractivity contribution in [1.82, 2.24) is 9.80 Å². The molecule has 3 heteroatoms. The highest BCUT2D eigenvalue weighted by Crippen LogP contribution is 2.69. The Morgan fingerprint density at radius 1 is 0.905 bits per heavy atom. The molecule has 4 saturated carbocycles. The van der Waals surface area contributed by atoms with Crippen LogP contribution in [0.3, 0.4) is 0 Å². The largest absolute Gasteiger partial charge is 0.340 e. The van der Waals surface area contributed by atoms with Gasteiger partial charge in [-0.1, -0.05) is 13.8 Å². The first-order chi connectivity index (χ1) is 9.82. The number of rotatable bonds is 1. The number of likely N-dealkylation sites (N-methyl/N-ethyl adjacent to an activating group) is 1. The van der Waals surface area contributed by atoms with Gasteiger partial charge in [-0.05, 0) is 62.3 Å². The van der Waals surface area contributed by atoms with Gasteiger partial charge < -0.3 is 9.80 Å². The maximum absolute atomic E-state index is 13.4. The van der Waals surface area contributed by atoms with Crippen LogP contribution in [0.25, 0.3) is 0 Å². The van der Waals surface area contributed by atoms with Crippen molar-refractivity contribution >= 4 is 5.91 Å². The second-order valence-corrected chi connectivity index (χ2v) is 9.51. The Hall–Kier alpha value is -0.570. The van der Waals surface area contributed by atoms with E-state index in [0.29, 0.717) is 16.7 Å². The molecule has 0 aromatic rings. The van der Waals surface area contributed by atoms with E-state index >= 15 is 0 Å². The summed E-state index contributed by atoms with van der Waals surface area (Å²) in [7, 11) is 2.16. The molecule has 3 nitrogen and oxygen atoms in total. The number of hydrogen-bond acceptors (Lipinski definition) is 2. The van der Waals surface area contributed by atoms with Gasteiger partial charge in [0.15, 0.2) is 0 Å². The van der Waals surface area contributed by atoms with Gasteiger partial charge in [-0.15, -0.1) is 0 Å². The summed E-state index contributed by atoms with van der Waals surface area (Å²) in [5.41, 5.74) is 0.881. The van der Waals surface area contributed by atoms with Crippen LogP contribution in [0.15, 0.2) is 0 Å². The van der Waals surface area contributed by atoms with E-state index in [1.165, 1.54) is 25.7 Å². The van der Waals surface area contributed by atoms with E-state index < -0.39 is 0 Å². The number of carbonyl (C=O) groups excluding carboxylic acids is 1. The molecule has 21 heavy (non-hydrogen) atoms. The van der Waals surface area contributed by atoms with Crippen LogP contribution in [-0.4, -0.2) is 48.9 Å². The van der Waals surface area contributed by atoms with Crippen molar-refractivity contribution in [3.63, 3.8) is 0 Å². The van der Waals surface area contributed by atoms with E-state index in [9.17, 15) is 4.79 Å². The van der Waals surface area contributed by atoms with Crippen LogP contribution in [0.2, 0.25) is 0 Å². The highest BCUT2D eigenvalue weighted by atomic mass is 16.2. The minimum atomic E-state index is -0.00116. The lowest BCUT2D eigenvalue weighted by Crippen LogP contribution is -2.62. The predicted molar refractivity (Wildman–Crippen MR) is 83.9 cm³/mol. The lowest BCUT2D eigenvalue weighted by atomic mass is 9.40. The molecule has 1 amide bonds. The first-order valence-corrected chi connectivity index (χ1v) is 8.80. The molecule has 4 bridgehead atoms. The summed E-state index contributed by atoms with van der Waals surface area (Å²) >= 11 is 0. The van der Waals surface area contributed by atoms with Crippen LogP contribution in [0.4, 0.5) is 0 Å². The molecule has 1 aliphatic heterocycles. The molecule has 118 valence electrons.